The summed E-state index contributed by atoms with van der Waals surface area (Å²) < 4.78 is 66.5. The maximum atomic E-state index is 12.7. The monoisotopic (exact) mass is 378 g/mol. The van der Waals surface area contributed by atoms with E-state index in [4.69, 9.17) is 4.74 Å². The van der Waals surface area contributed by atoms with Crippen molar-refractivity contribution in [3.05, 3.63) is 18.2 Å². The van der Waals surface area contributed by atoms with Gasteiger partial charge in [-0.05, 0) is 37.5 Å². The van der Waals surface area contributed by atoms with Crippen molar-refractivity contribution in [2.45, 2.75) is 41.7 Å². The first-order chi connectivity index (χ1) is 11.6. The number of sulfone groups is 1. The molecule has 2 aliphatic rings. The maximum Gasteiger partial charge on any atom is 0.501 e. The fourth-order valence-corrected chi connectivity index (χ4v) is 3.66. The number of amides is 1. The van der Waals surface area contributed by atoms with Gasteiger partial charge in [-0.25, -0.2) is 8.42 Å². The van der Waals surface area contributed by atoms with Crippen molar-refractivity contribution in [2.75, 3.05) is 19.0 Å². The molecule has 1 aliphatic carbocycles. The molecule has 0 spiro atoms. The van der Waals surface area contributed by atoms with Crippen LogP contribution in [0.1, 0.15) is 19.3 Å². The quantitative estimate of drug-likeness (QED) is 0.850. The number of benzene rings is 1. The Morgan fingerprint density at radius 1 is 1.24 bits per heavy atom. The van der Waals surface area contributed by atoms with Crippen LogP contribution in [0.15, 0.2) is 23.1 Å². The Morgan fingerprint density at radius 2 is 1.92 bits per heavy atom. The number of hydrogen-bond acceptors (Lipinski definition) is 5. The summed E-state index contributed by atoms with van der Waals surface area (Å²) in [6.45, 7) is 0.573. The first kappa shape index (κ1) is 17.8. The van der Waals surface area contributed by atoms with Gasteiger partial charge in [0, 0.05) is 12.6 Å². The Hall–Kier alpha value is -1.97. The third kappa shape index (κ3) is 3.26. The highest BCUT2D eigenvalue weighted by atomic mass is 32.2. The fourth-order valence-electron chi connectivity index (χ4n) is 2.87. The van der Waals surface area contributed by atoms with Crippen LogP contribution in [0.4, 0.5) is 18.9 Å². The van der Waals surface area contributed by atoms with E-state index in [1.54, 1.807) is 4.90 Å². The number of anilines is 1. The minimum atomic E-state index is -5.48. The number of nitrogens with one attached hydrogen (secondary N) is 1. The summed E-state index contributed by atoms with van der Waals surface area (Å²) in [5, 5.41) is 2.84. The Morgan fingerprint density at radius 3 is 2.48 bits per heavy atom. The van der Waals surface area contributed by atoms with E-state index in [2.05, 4.69) is 5.32 Å². The molecule has 1 saturated heterocycles. The highest BCUT2D eigenvalue weighted by Gasteiger charge is 2.47. The van der Waals surface area contributed by atoms with E-state index < -0.39 is 26.3 Å². The van der Waals surface area contributed by atoms with Gasteiger partial charge in [0.1, 0.15) is 11.8 Å². The van der Waals surface area contributed by atoms with Crippen LogP contribution in [-0.4, -0.2) is 50.5 Å². The van der Waals surface area contributed by atoms with Gasteiger partial charge in [0.05, 0.1) is 17.7 Å². The first-order valence-corrected chi connectivity index (χ1v) is 9.20. The average molecular weight is 378 g/mol. The summed E-state index contributed by atoms with van der Waals surface area (Å²) in [5.41, 5.74) is -5.35. The minimum absolute atomic E-state index is 0.0452. The highest BCUT2D eigenvalue weighted by Crippen LogP contribution is 2.36. The number of hydrogen-bond donors (Lipinski definition) is 1. The number of halogens is 3. The SMILES string of the molecule is COc1ccc(S(=O)(=O)C(F)(F)F)cc1N[C@@H]1CCN(C2CC2)C1=O. The van der Waals surface area contributed by atoms with Crippen molar-refractivity contribution < 1.29 is 31.1 Å². The summed E-state index contributed by atoms with van der Waals surface area (Å²) in [4.78, 5) is 13.2. The lowest BCUT2D eigenvalue weighted by atomic mass is 10.2. The normalized spacial score (nSPS) is 21.5. The number of carbonyl (C=O) groups excluding carboxylic acids is 1. The van der Waals surface area contributed by atoms with Crippen LogP contribution in [0.2, 0.25) is 0 Å². The summed E-state index contributed by atoms with van der Waals surface area (Å²) in [6.07, 6.45) is 2.41. The van der Waals surface area contributed by atoms with Gasteiger partial charge in [0.2, 0.25) is 5.91 Å². The van der Waals surface area contributed by atoms with E-state index in [9.17, 15) is 26.4 Å². The molecule has 1 aromatic carbocycles. The van der Waals surface area contributed by atoms with Gasteiger partial charge >= 0.3 is 5.51 Å². The molecule has 1 N–H and O–H groups in total. The molecule has 1 saturated carbocycles. The van der Waals surface area contributed by atoms with Crippen molar-refractivity contribution in [3.8, 4) is 5.75 Å². The molecule has 6 nitrogen and oxygen atoms in total. The fraction of sp³-hybridized carbons (Fsp3) is 0.533. The van der Waals surface area contributed by atoms with Gasteiger partial charge in [-0.2, -0.15) is 13.2 Å². The van der Waals surface area contributed by atoms with Crippen molar-refractivity contribution in [2.24, 2.45) is 0 Å². The van der Waals surface area contributed by atoms with Crippen LogP contribution in [0.25, 0.3) is 0 Å². The molecule has 1 aromatic rings. The molecule has 0 aromatic heterocycles. The van der Waals surface area contributed by atoms with Gasteiger partial charge in [0.25, 0.3) is 9.84 Å². The summed E-state index contributed by atoms with van der Waals surface area (Å²) in [5.74, 6) is 0.0347. The van der Waals surface area contributed by atoms with Crippen LogP contribution < -0.4 is 10.1 Å². The molecule has 0 bridgehead atoms. The predicted octanol–water partition coefficient (Wildman–Crippen LogP) is 2.16. The number of carbonyl (C=O) groups is 1. The predicted molar refractivity (Wildman–Crippen MR) is 83.0 cm³/mol. The molecule has 2 fully saturated rings. The van der Waals surface area contributed by atoms with Gasteiger partial charge in [-0.15, -0.1) is 0 Å². The lowest BCUT2D eigenvalue weighted by Gasteiger charge is -2.19. The van der Waals surface area contributed by atoms with Crippen LogP contribution >= 0.6 is 0 Å². The van der Waals surface area contributed by atoms with Crippen molar-refractivity contribution in [1.82, 2.24) is 4.90 Å². The second kappa shape index (κ2) is 6.08. The van der Waals surface area contributed by atoms with Crippen LogP contribution in [0.5, 0.6) is 5.75 Å². The Kier molecular flexibility index (Phi) is 4.34. The molecule has 0 unspecified atom stereocenters. The molecule has 1 atom stereocenters. The highest BCUT2D eigenvalue weighted by molar-refractivity contribution is 7.92. The van der Waals surface area contributed by atoms with Crippen LogP contribution in [0.3, 0.4) is 0 Å². The molecular formula is C15H17F3N2O4S. The van der Waals surface area contributed by atoms with Crippen LogP contribution in [-0.2, 0) is 14.6 Å². The molecular weight excluding hydrogens is 361 g/mol. The standard InChI is InChI=1S/C15H17F3N2O4S/c1-24-13-5-4-10(25(22,23)15(16,17)18)8-12(13)19-11-6-7-20(14(11)21)9-2-3-9/h4-5,8-9,11,19H,2-3,6-7H2,1H3/t11-/m1/s1. The zero-order valence-electron chi connectivity index (χ0n) is 13.3. The Labute approximate surface area is 142 Å². The molecule has 0 radical (unpaired) electrons. The number of rotatable bonds is 5. The van der Waals surface area contributed by atoms with E-state index in [-0.39, 0.29) is 23.4 Å². The third-order valence-electron chi connectivity index (χ3n) is 4.34. The van der Waals surface area contributed by atoms with E-state index >= 15 is 0 Å². The molecule has 138 valence electrons. The second-order valence-electron chi connectivity index (χ2n) is 6.06. The molecule has 1 heterocycles. The zero-order valence-corrected chi connectivity index (χ0v) is 14.2. The number of likely N-dealkylation sites (tertiary alicyclic amines) is 1. The van der Waals surface area contributed by atoms with E-state index in [1.165, 1.54) is 7.11 Å². The molecule has 3 rings (SSSR count). The summed E-state index contributed by atoms with van der Waals surface area (Å²) >= 11 is 0. The maximum absolute atomic E-state index is 12.7. The second-order valence-corrected chi connectivity index (χ2v) is 8.00. The smallest absolute Gasteiger partial charge is 0.495 e. The number of alkyl halides is 3. The first-order valence-electron chi connectivity index (χ1n) is 7.71. The van der Waals surface area contributed by atoms with Gasteiger partial charge in [-0.3, -0.25) is 4.79 Å². The van der Waals surface area contributed by atoms with E-state index in [1.807, 2.05) is 0 Å². The summed E-state index contributed by atoms with van der Waals surface area (Å²) in [6, 6.07) is 2.46. The lowest BCUT2D eigenvalue weighted by molar-refractivity contribution is -0.128. The van der Waals surface area contributed by atoms with E-state index in [0.717, 1.165) is 31.0 Å². The van der Waals surface area contributed by atoms with Crippen molar-refractivity contribution in [1.29, 1.82) is 0 Å². The third-order valence-corrected chi connectivity index (χ3v) is 5.83. The lowest BCUT2D eigenvalue weighted by Crippen LogP contribution is -2.34. The minimum Gasteiger partial charge on any atom is -0.495 e. The number of nitrogens with zero attached hydrogens (tertiary/aromatic N) is 1. The van der Waals surface area contributed by atoms with Gasteiger partial charge < -0.3 is 15.0 Å². The molecule has 1 aliphatic heterocycles. The van der Waals surface area contributed by atoms with E-state index in [0.29, 0.717) is 13.0 Å². The van der Waals surface area contributed by atoms with Crippen LogP contribution in [0, 0.1) is 0 Å². The Balaban J connectivity index is 1.88. The van der Waals surface area contributed by atoms with Crippen molar-refractivity contribution >= 4 is 21.4 Å². The largest absolute Gasteiger partial charge is 0.501 e. The number of ether oxygens (including phenoxy) is 1. The zero-order chi connectivity index (χ0) is 18.4. The average Bonchev–Trinajstić information content (AvgIpc) is 3.32. The Bertz CT molecular complexity index is 790. The van der Waals surface area contributed by atoms with Crippen molar-refractivity contribution in [3.63, 3.8) is 0 Å². The molecule has 10 heteroatoms. The molecule has 25 heavy (non-hydrogen) atoms. The molecule has 1 amide bonds. The topological polar surface area (TPSA) is 75.7 Å². The number of methoxy groups -OCH3 is 1. The van der Waals surface area contributed by atoms with Gasteiger partial charge in [-0.1, -0.05) is 0 Å². The summed E-state index contributed by atoms with van der Waals surface area (Å²) in [7, 11) is -4.17. The van der Waals surface area contributed by atoms with Gasteiger partial charge in [0.15, 0.2) is 0 Å².